The maximum Gasteiger partial charge on any atom is 0.191 e. The number of nitrogens with one attached hydrogen (secondary N) is 2. The van der Waals surface area contributed by atoms with Crippen molar-refractivity contribution in [1.82, 2.24) is 20.5 Å². The molecule has 0 saturated heterocycles. The van der Waals surface area contributed by atoms with Crippen LogP contribution in [-0.4, -0.2) is 48.1 Å². The van der Waals surface area contributed by atoms with Crippen LogP contribution in [0.4, 0.5) is 0 Å². The summed E-state index contributed by atoms with van der Waals surface area (Å²) in [6.07, 6.45) is 2.10. The molecule has 0 saturated carbocycles. The Labute approximate surface area is 187 Å². The molecule has 27 heavy (non-hydrogen) atoms. The molecule has 2 aromatic heterocycles. The number of nitrogens with zero attached hydrogens (tertiary/aromatic N) is 3. The molecule has 0 radical (unpaired) electrons. The molecule has 5 nitrogen and oxygen atoms in total. The topological polar surface area (TPSA) is 52.6 Å². The first-order chi connectivity index (χ1) is 12.7. The lowest BCUT2D eigenvalue weighted by atomic mass is 10.1. The summed E-state index contributed by atoms with van der Waals surface area (Å²) < 4.78 is 0. The van der Waals surface area contributed by atoms with Gasteiger partial charge >= 0.3 is 0 Å². The van der Waals surface area contributed by atoms with E-state index in [9.17, 15) is 0 Å². The highest BCUT2D eigenvalue weighted by molar-refractivity contribution is 14.0. The van der Waals surface area contributed by atoms with Gasteiger partial charge in [-0.1, -0.05) is 0 Å². The number of aromatic nitrogens is 1. The minimum atomic E-state index is 0. The molecule has 0 fully saturated rings. The number of halogens is 1. The van der Waals surface area contributed by atoms with Crippen molar-refractivity contribution in [3.8, 4) is 0 Å². The summed E-state index contributed by atoms with van der Waals surface area (Å²) in [6, 6.07) is 2.72. The average molecular weight is 520 g/mol. The smallest absolute Gasteiger partial charge is 0.191 e. The number of aryl methyl sites for hydroxylation is 1. The van der Waals surface area contributed by atoms with Crippen LogP contribution in [0.25, 0.3) is 0 Å². The number of thiazole rings is 1. The van der Waals surface area contributed by atoms with Crippen molar-refractivity contribution in [3.05, 3.63) is 38.0 Å². The molecule has 1 unspecified atom stereocenters. The van der Waals surface area contributed by atoms with Crippen molar-refractivity contribution in [3.63, 3.8) is 0 Å². The standard InChI is InChI=1S/C19H29N5S2.HI/c1-4-20-19(21-8-5-17-13-26-15(3)23-17)22-11-14(2)24-9-6-18-16(12-24)7-10-25-18;/h7,10,13-14H,4-6,8-9,11-12H2,1-3H3,(H2,20,21,22);1H. The lowest BCUT2D eigenvalue weighted by Gasteiger charge is -2.31. The van der Waals surface area contributed by atoms with E-state index in [2.05, 4.69) is 51.2 Å². The van der Waals surface area contributed by atoms with Gasteiger partial charge in [0.05, 0.1) is 17.2 Å². The highest BCUT2D eigenvalue weighted by atomic mass is 127. The van der Waals surface area contributed by atoms with Gasteiger partial charge < -0.3 is 10.6 Å². The van der Waals surface area contributed by atoms with Crippen LogP contribution in [-0.2, 0) is 19.4 Å². The molecular weight excluding hydrogens is 489 g/mol. The Kier molecular flexibility index (Phi) is 9.47. The number of aliphatic imine (C=N–C) groups is 1. The molecule has 2 aromatic rings. The summed E-state index contributed by atoms with van der Waals surface area (Å²) in [7, 11) is 0. The van der Waals surface area contributed by atoms with Crippen molar-refractivity contribution in [2.45, 2.75) is 46.2 Å². The minimum Gasteiger partial charge on any atom is -0.357 e. The van der Waals surface area contributed by atoms with Crippen molar-refractivity contribution in [2.75, 3.05) is 26.2 Å². The molecule has 0 spiro atoms. The third-order valence-electron chi connectivity index (χ3n) is 4.66. The molecular formula is C19H30IN5S2. The molecule has 1 atom stereocenters. The molecule has 3 heterocycles. The maximum atomic E-state index is 4.81. The Morgan fingerprint density at radius 1 is 1.37 bits per heavy atom. The van der Waals surface area contributed by atoms with Gasteiger partial charge in [-0.3, -0.25) is 9.89 Å². The summed E-state index contributed by atoms with van der Waals surface area (Å²) in [6.45, 7) is 11.2. The molecule has 0 amide bonds. The van der Waals surface area contributed by atoms with Gasteiger partial charge in [-0.25, -0.2) is 4.98 Å². The van der Waals surface area contributed by atoms with Crippen LogP contribution in [0.5, 0.6) is 0 Å². The minimum absolute atomic E-state index is 0. The average Bonchev–Trinajstić information content (AvgIpc) is 3.27. The first-order valence-electron chi connectivity index (χ1n) is 9.38. The van der Waals surface area contributed by atoms with E-state index < -0.39 is 0 Å². The van der Waals surface area contributed by atoms with Crippen molar-refractivity contribution >= 4 is 52.6 Å². The molecule has 1 aliphatic heterocycles. The molecule has 0 aromatic carbocycles. The Morgan fingerprint density at radius 3 is 2.96 bits per heavy atom. The molecule has 3 rings (SSSR count). The zero-order valence-electron chi connectivity index (χ0n) is 16.3. The van der Waals surface area contributed by atoms with Crippen LogP contribution >= 0.6 is 46.7 Å². The number of thiophene rings is 1. The van der Waals surface area contributed by atoms with E-state index in [1.165, 1.54) is 12.0 Å². The van der Waals surface area contributed by atoms with Crippen LogP contribution in [0.1, 0.15) is 35.0 Å². The SMILES string of the molecule is CCNC(=NCC(C)N1CCc2sccc2C1)NCCc1csc(C)n1.I. The summed E-state index contributed by atoms with van der Waals surface area (Å²) >= 11 is 3.60. The van der Waals surface area contributed by atoms with E-state index in [1.54, 1.807) is 16.2 Å². The second-order valence-corrected chi connectivity index (χ2v) is 8.76. The van der Waals surface area contributed by atoms with E-state index in [0.717, 1.165) is 55.8 Å². The van der Waals surface area contributed by atoms with E-state index >= 15 is 0 Å². The summed E-state index contributed by atoms with van der Waals surface area (Å²) in [4.78, 5) is 13.4. The fourth-order valence-electron chi connectivity index (χ4n) is 3.16. The van der Waals surface area contributed by atoms with Gasteiger partial charge in [-0.05, 0) is 44.2 Å². The Bertz CT molecular complexity index is 727. The fraction of sp³-hybridized carbons (Fsp3) is 0.579. The number of rotatable bonds is 7. The second kappa shape index (κ2) is 11.3. The summed E-state index contributed by atoms with van der Waals surface area (Å²) in [5, 5.41) is 12.3. The van der Waals surface area contributed by atoms with Crippen LogP contribution in [0.2, 0.25) is 0 Å². The number of hydrogen-bond acceptors (Lipinski definition) is 5. The first kappa shape index (κ1) is 22.6. The van der Waals surface area contributed by atoms with Crippen LogP contribution in [0.3, 0.4) is 0 Å². The van der Waals surface area contributed by atoms with Gasteiger partial charge in [-0.15, -0.1) is 46.7 Å². The Morgan fingerprint density at radius 2 is 2.22 bits per heavy atom. The highest BCUT2D eigenvalue weighted by Crippen LogP contribution is 2.25. The van der Waals surface area contributed by atoms with Crippen LogP contribution in [0, 0.1) is 6.92 Å². The lowest BCUT2D eigenvalue weighted by Crippen LogP contribution is -2.41. The van der Waals surface area contributed by atoms with Gasteiger partial charge in [0.15, 0.2) is 5.96 Å². The molecule has 2 N–H and O–H groups in total. The lowest BCUT2D eigenvalue weighted by molar-refractivity contribution is 0.197. The van der Waals surface area contributed by atoms with Crippen LogP contribution < -0.4 is 10.6 Å². The van der Waals surface area contributed by atoms with E-state index in [0.29, 0.717) is 6.04 Å². The van der Waals surface area contributed by atoms with E-state index in [-0.39, 0.29) is 24.0 Å². The quantitative estimate of drug-likeness (QED) is 0.333. The molecule has 1 aliphatic rings. The Hall–Kier alpha value is -0.710. The third kappa shape index (κ3) is 6.69. The van der Waals surface area contributed by atoms with E-state index in [1.807, 2.05) is 18.3 Å². The third-order valence-corrected chi connectivity index (χ3v) is 6.50. The normalized spacial score (nSPS) is 15.7. The zero-order chi connectivity index (χ0) is 18.4. The summed E-state index contributed by atoms with van der Waals surface area (Å²) in [5.41, 5.74) is 2.66. The predicted molar refractivity (Wildman–Crippen MR) is 128 cm³/mol. The monoisotopic (exact) mass is 519 g/mol. The first-order valence-corrected chi connectivity index (χ1v) is 11.1. The molecule has 0 aliphatic carbocycles. The fourth-order valence-corrected chi connectivity index (χ4v) is 4.70. The van der Waals surface area contributed by atoms with Gasteiger partial charge in [0.1, 0.15) is 0 Å². The van der Waals surface area contributed by atoms with Gasteiger partial charge in [0.25, 0.3) is 0 Å². The number of fused-ring (bicyclic) bond motifs is 1. The van der Waals surface area contributed by atoms with Gasteiger partial charge in [-0.2, -0.15) is 0 Å². The van der Waals surface area contributed by atoms with E-state index in [4.69, 9.17) is 4.99 Å². The molecule has 0 bridgehead atoms. The maximum absolute atomic E-state index is 4.81. The van der Waals surface area contributed by atoms with Crippen molar-refractivity contribution in [2.24, 2.45) is 4.99 Å². The number of hydrogen-bond donors (Lipinski definition) is 2. The zero-order valence-corrected chi connectivity index (χ0v) is 20.3. The van der Waals surface area contributed by atoms with Gasteiger partial charge in [0, 0.05) is 48.9 Å². The van der Waals surface area contributed by atoms with Crippen molar-refractivity contribution in [1.29, 1.82) is 0 Å². The van der Waals surface area contributed by atoms with Gasteiger partial charge in [0.2, 0.25) is 0 Å². The molecule has 150 valence electrons. The predicted octanol–water partition coefficient (Wildman–Crippen LogP) is 3.68. The largest absolute Gasteiger partial charge is 0.357 e. The van der Waals surface area contributed by atoms with Crippen LogP contribution in [0.15, 0.2) is 21.8 Å². The molecule has 8 heteroatoms. The number of guanidine groups is 1. The second-order valence-electron chi connectivity index (χ2n) is 6.69. The highest BCUT2D eigenvalue weighted by Gasteiger charge is 2.21. The Balaban J connectivity index is 0.00000261. The van der Waals surface area contributed by atoms with Crippen molar-refractivity contribution < 1.29 is 0 Å². The summed E-state index contributed by atoms with van der Waals surface area (Å²) in [5.74, 6) is 0.902.